The monoisotopic (exact) mass is 303 g/mol. The summed E-state index contributed by atoms with van der Waals surface area (Å²) in [4.78, 5) is 10.8. The standard InChI is InChI=1S/C12H10Cl2O3S/c1-2-7(12(15)16)17-8-5-6-3-4-18-11(6)10(14)9(8)13/h3-5,7H,2H2,1H3,(H,15,16)/p-1. The van der Waals surface area contributed by atoms with Crippen molar-refractivity contribution in [3.8, 4) is 5.75 Å². The van der Waals surface area contributed by atoms with E-state index < -0.39 is 12.1 Å². The van der Waals surface area contributed by atoms with Crippen molar-refractivity contribution < 1.29 is 14.6 Å². The maximum atomic E-state index is 10.8. The molecule has 0 bridgehead atoms. The van der Waals surface area contributed by atoms with Gasteiger partial charge < -0.3 is 14.6 Å². The molecule has 0 amide bonds. The van der Waals surface area contributed by atoms with E-state index in [9.17, 15) is 9.90 Å². The Morgan fingerprint density at radius 3 is 2.83 bits per heavy atom. The van der Waals surface area contributed by atoms with Crippen molar-refractivity contribution in [2.75, 3.05) is 0 Å². The third-order valence-corrected chi connectivity index (χ3v) is 4.40. The molecule has 96 valence electrons. The second kappa shape index (κ2) is 5.34. The minimum absolute atomic E-state index is 0.228. The largest absolute Gasteiger partial charge is 0.546 e. The lowest BCUT2D eigenvalue weighted by Gasteiger charge is -2.19. The SMILES string of the molecule is CCC(Oc1cc2ccsc2c(Cl)c1Cl)C(=O)[O-]. The Balaban J connectivity index is 2.44. The number of halogens is 2. The van der Waals surface area contributed by atoms with Crippen molar-refractivity contribution in [1.29, 1.82) is 0 Å². The van der Waals surface area contributed by atoms with Crippen LogP contribution in [0.3, 0.4) is 0 Å². The molecule has 1 heterocycles. The van der Waals surface area contributed by atoms with Crippen molar-refractivity contribution in [2.45, 2.75) is 19.4 Å². The van der Waals surface area contributed by atoms with Crippen molar-refractivity contribution in [3.05, 3.63) is 27.6 Å². The van der Waals surface area contributed by atoms with E-state index in [0.29, 0.717) is 5.02 Å². The highest BCUT2D eigenvalue weighted by atomic mass is 35.5. The number of benzene rings is 1. The summed E-state index contributed by atoms with van der Waals surface area (Å²) in [5.41, 5.74) is 0. The van der Waals surface area contributed by atoms with Crippen LogP contribution in [-0.4, -0.2) is 12.1 Å². The fraction of sp³-hybridized carbons (Fsp3) is 0.250. The average Bonchev–Trinajstić information content (AvgIpc) is 2.79. The molecule has 1 atom stereocenters. The molecule has 2 rings (SSSR count). The zero-order chi connectivity index (χ0) is 13.3. The first-order chi connectivity index (χ1) is 8.54. The normalized spacial score (nSPS) is 12.6. The lowest BCUT2D eigenvalue weighted by atomic mass is 10.2. The minimum atomic E-state index is -1.27. The van der Waals surface area contributed by atoms with Gasteiger partial charge in [-0.25, -0.2) is 0 Å². The molecule has 2 aromatic rings. The molecular weight excluding hydrogens is 295 g/mol. The molecule has 0 radical (unpaired) electrons. The van der Waals surface area contributed by atoms with Gasteiger partial charge in [0.15, 0.2) is 0 Å². The van der Waals surface area contributed by atoms with Crippen LogP contribution in [0.1, 0.15) is 13.3 Å². The molecule has 1 aromatic heterocycles. The van der Waals surface area contributed by atoms with Gasteiger partial charge in [-0.3, -0.25) is 0 Å². The van der Waals surface area contributed by atoms with Gasteiger partial charge in [0.2, 0.25) is 0 Å². The third kappa shape index (κ3) is 2.41. The van der Waals surface area contributed by atoms with E-state index in [-0.39, 0.29) is 17.2 Å². The summed E-state index contributed by atoms with van der Waals surface area (Å²) in [7, 11) is 0. The number of rotatable bonds is 4. The quantitative estimate of drug-likeness (QED) is 0.872. The number of hydrogen-bond donors (Lipinski definition) is 0. The molecular formula is C12H9Cl2O3S-. The molecule has 0 aliphatic heterocycles. The fourth-order valence-electron chi connectivity index (χ4n) is 1.56. The zero-order valence-corrected chi connectivity index (χ0v) is 11.7. The molecule has 18 heavy (non-hydrogen) atoms. The van der Waals surface area contributed by atoms with Gasteiger partial charge >= 0.3 is 0 Å². The van der Waals surface area contributed by atoms with E-state index in [1.165, 1.54) is 11.3 Å². The van der Waals surface area contributed by atoms with Crippen LogP contribution >= 0.6 is 34.5 Å². The van der Waals surface area contributed by atoms with Gasteiger partial charge in [-0.15, -0.1) is 11.3 Å². The first-order valence-electron chi connectivity index (χ1n) is 5.27. The van der Waals surface area contributed by atoms with Gasteiger partial charge in [0.05, 0.1) is 15.7 Å². The van der Waals surface area contributed by atoms with Crippen LogP contribution in [0.15, 0.2) is 17.5 Å². The average molecular weight is 304 g/mol. The van der Waals surface area contributed by atoms with Crippen LogP contribution in [0.5, 0.6) is 5.75 Å². The lowest BCUT2D eigenvalue weighted by Crippen LogP contribution is -2.39. The van der Waals surface area contributed by atoms with Crippen molar-refractivity contribution >= 4 is 50.6 Å². The summed E-state index contributed by atoms with van der Waals surface area (Å²) in [5, 5.41) is 14.2. The third-order valence-electron chi connectivity index (χ3n) is 2.49. The van der Waals surface area contributed by atoms with E-state index >= 15 is 0 Å². The van der Waals surface area contributed by atoms with Gasteiger partial charge in [0, 0.05) is 0 Å². The van der Waals surface area contributed by atoms with Gasteiger partial charge in [-0.1, -0.05) is 30.1 Å². The topological polar surface area (TPSA) is 49.4 Å². The van der Waals surface area contributed by atoms with Crippen molar-refractivity contribution in [1.82, 2.24) is 0 Å². The van der Waals surface area contributed by atoms with Crippen LogP contribution in [0.25, 0.3) is 10.1 Å². The summed E-state index contributed by atoms with van der Waals surface area (Å²) in [5.74, 6) is -1.00. The molecule has 3 nitrogen and oxygen atoms in total. The Morgan fingerprint density at radius 2 is 2.22 bits per heavy atom. The number of carboxylic acids is 1. The first kappa shape index (κ1) is 13.5. The number of fused-ring (bicyclic) bond motifs is 1. The Labute approximate surface area is 118 Å². The zero-order valence-electron chi connectivity index (χ0n) is 9.41. The van der Waals surface area contributed by atoms with Gasteiger partial charge in [-0.2, -0.15) is 0 Å². The second-order valence-corrected chi connectivity index (χ2v) is 5.35. The molecule has 0 saturated heterocycles. The van der Waals surface area contributed by atoms with Gasteiger partial charge in [0.1, 0.15) is 16.9 Å². The number of hydrogen-bond acceptors (Lipinski definition) is 4. The summed E-state index contributed by atoms with van der Waals surface area (Å²) in [6.07, 6.45) is -0.743. The summed E-state index contributed by atoms with van der Waals surface area (Å²) in [6, 6.07) is 3.56. The van der Waals surface area contributed by atoms with E-state index in [1.54, 1.807) is 13.0 Å². The minimum Gasteiger partial charge on any atom is -0.546 e. The highest BCUT2D eigenvalue weighted by molar-refractivity contribution is 7.18. The fourth-order valence-corrected chi connectivity index (χ4v) is 2.97. The van der Waals surface area contributed by atoms with Gasteiger partial charge in [0.25, 0.3) is 0 Å². The molecule has 6 heteroatoms. The molecule has 1 unspecified atom stereocenters. The number of carbonyl (C=O) groups excluding carboxylic acids is 1. The number of ether oxygens (including phenoxy) is 1. The smallest absolute Gasteiger partial charge is 0.141 e. The predicted molar refractivity (Wildman–Crippen MR) is 71.6 cm³/mol. The summed E-state index contributed by atoms with van der Waals surface area (Å²) in [6.45, 7) is 1.69. The highest BCUT2D eigenvalue weighted by Gasteiger charge is 2.16. The van der Waals surface area contributed by atoms with Crippen LogP contribution in [0, 0.1) is 0 Å². The molecule has 0 fully saturated rings. The van der Waals surface area contributed by atoms with E-state index in [2.05, 4.69) is 0 Å². The lowest BCUT2D eigenvalue weighted by molar-refractivity contribution is -0.313. The van der Waals surface area contributed by atoms with Gasteiger partial charge in [-0.05, 0) is 29.3 Å². The molecule has 0 saturated carbocycles. The number of carbonyl (C=O) groups is 1. The highest BCUT2D eigenvalue weighted by Crippen LogP contribution is 2.41. The van der Waals surface area contributed by atoms with Crippen LogP contribution in [0.2, 0.25) is 10.0 Å². The predicted octanol–water partition coefficient (Wildman–Crippen LogP) is 3.12. The maximum absolute atomic E-state index is 10.8. The summed E-state index contributed by atoms with van der Waals surface area (Å²) < 4.78 is 6.20. The first-order valence-corrected chi connectivity index (χ1v) is 6.90. The van der Waals surface area contributed by atoms with Crippen molar-refractivity contribution in [2.24, 2.45) is 0 Å². The number of aliphatic carboxylic acids is 1. The molecule has 0 spiro atoms. The van der Waals surface area contributed by atoms with Crippen LogP contribution in [-0.2, 0) is 4.79 Å². The molecule has 0 aliphatic carbocycles. The Kier molecular flexibility index (Phi) is 4.00. The van der Waals surface area contributed by atoms with Crippen molar-refractivity contribution in [3.63, 3.8) is 0 Å². The number of thiophene rings is 1. The Morgan fingerprint density at radius 1 is 1.50 bits per heavy atom. The molecule has 1 aromatic carbocycles. The molecule has 0 N–H and O–H groups in total. The maximum Gasteiger partial charge on any atom is 0.141 e. The van der Waals surface area contributed by atoms with Crippen LogP contribution in [0.4, 0.5) is 0 Å². The van der Waals surface area contributed by atoms with E-state index in [0.717, 1.165) is 10.1 Å². The summed E-state index contributed by atoms with van der Waals surface area (Å²) >= 11 is 13.7. The van der Waals surface area contributed by atoms with Crippen LogP contribution < -0.4 is 9.84 Å². The van der Waals surface area contributed by atoms with E-state index in [1.807, 2.05) is 11.4 Å². The Hall–Kier alpha value is -0.970. The number of carboxylic acid groups (broad SMARTS) is 1. The Bertz CT molecular complexity index is 594. The molecule has 0 aliphatic rings. The van der Waals surface area contributed by atoms with E-state index in [4.69, 9.17) is 27.9 Å². The second-order valence-electron chi connectivity index (χ2n) is 3.68.